The van der Waals surface area contributed by atoms with E-state index in [1.54, 1.807) is 51.1 Å². The number of allylic oxidation sites excluding steroid dienone is 1. The number of benzene rings is 1. The molecule has 0 saturated carbocycles. The molecular weight excluding hydrogens is 252 g/mol. The van der Waals surface area contributed by atoms with Crippen LogP contribution in [0.5, 0.6) is 0 Å². The second-order valence-electron chi connectivity index (χ2n) is 5.55. The number of hydrogen-bond donors (Lipinski definition) is 1. The largest absolute Gasteiger partial charge is 0.326 e. The molecule has 0 heterocycles. The van der Waals surface area contributed by atoms with E-state index in [9.17, 15) is 9.59 Å². The smallest absolute Gasteiger partial charge is 0.221 e. The molecule has 1 rings (SSSR count). The minimum absolute atomic E-state index is 0.129. The van der Waals surface area contributed by atoms with E-state index in [1.165, 1.54) is 6.92 Å². The Hall–Kier alpha value is -2.41. The Kier molecular flexibility index (Phi) is 4.82. The molecule has 4 nitrogen and oxygen atoms in total. The average molecular weight is 270 g/mol. The van der Waals surface area contributed by atoms with Gasteiger partial charge in [0.25, 0.3) is 0 Å². The topological polar surface area (TPSA) is 70.0 Å². The van der Waals surface area contributed by atoms with Crippen molar-refractivity contribution in [3.8, 4) is 6.07 Å². The number of nitrogens with one attached hydrogen (secondary N) is 1. The van der Waals surface area contributed by atoms with Crippen molar-refractivity contribution in [1.82, 2.24) is 0 Å². The fraction of sp³-hybridized carbons (Fsp3) is 0.312. The van der Waals surface area contributed by atoms with Crippen molar-refractivity contribution >= 4 is 23.5 Å². The molecule has 1 amide bonds. The van der Waals surface area contributed by atoms with Crippen molar-refractivity contribution in [3.63, 3.8) is 0 Å². The Bertz CT molecular complexity index is 584. The van der Waals surface area contributed by atoms with Crippen LogP contribution in [0.1, 0.15) is 33.3 Å². The van der Waals surface area contributed by atoms with E-state index >= 15 is 0 Å². The van der Waals surface area contributed by atoms with Crippen LogP contribution in [0.3, 0.4) is 0 Å². The molecule has 0 unspecified atom stereocenters. The maximum atomic E-state index is 12.1. The number of hydrogen-bond acceptors (Lipinski definition) is 3. The standard InChI is InChI=1S/C16H18N2O2/c1-11(19)18-14-7-5-12(6-8-14)9-13(10-17)15(20)16(2,3)4/h5-9H,1-4H3,(H,18,19)/b13-9-. The first-order chi connectivity index (χ1) is 9.24. The van der Waals surface area contributed by atoms with Crippen molar-refractivity contribution in [2.75, 3.05) is 5.32 Å². The number of amides is 1. The molecule has 0 bridgehead atoms. The summed E-state index contributed by atoms with van der Waals surface area (Å²) in [4.78, 5) is 23.0. The number of carbonyl (C=O) groups excluding carboxylic acids is 2. The van der Waals surface area contributed by atoms with Gasteiger partial charge < -0.3 is 5.32 Å². The number of nitrogens with zero attached hydrogens (tertiary/aromatic N) is 1. The van der Waals surface area contributed by atoms with Crippen molar-refractivity contribution in [3.05, 3.63) is 35.4 Å². The molecule has 104 valence electrons. The lowest BCUT2D eigenvalue weighted by Crippen LogP contribution is -2.21. The van der Waals surface area contributed by atoms with Crippen LogP contribution in [-0.4, -0.2) is 11.7 Å². The molecule has 0 aliphatic rings. The number of Topliss-reactive ketones (excluding diaryl/α,β-unsaturated/α-hetero) is 1. The monoisotopic (exact) mass is 270 g/mol. The molecule has 4 heteroatoms. The molecular formula is C16H18N2O2. The highest BCUT2D eigenvalue weighted by molar-refractivity contribution is 6.06. The van der Waals surface area contributed by atoms with Crippen LogP contribution in [0.15, 0.2) is 29.8 Å². The van der Waals surface area contributed by atoms with Gasteiger partial charge in [0.2, 0.25) is 5.91 Å². The van der Waals surface area contributed by atoms with E-state index in [0.29, 0.717) is 5.69 Å². The maximum Gasteiger partial charge on any atom is 0.221 e. The molecule has 0 atom stereocenters. The van der Waals surface area contributed by atoms with Gasteiger partial charge in [-0.25, -0.2) is 0 Å². The summed E-state index contributed by atoms with van der Waals surface area (Å²) in [5.41, 5.74) is 0.964. The molecule has 1 aromatic carbocycles. The molecule has 0 radical (unpaired) electrons. The van der Waals surface area contributed by atoms with Crippen molar-refractivity contribution < 1.29 is 9.59 Å². The van der Waals surface area contributed by atoms with Gasteiger partial charge in [-0.15, -0.1) is 0 Å². The molecule has 0 spiro atoms. The first-order valence-electron chi connectivity index (χ1n) is 6.28. The zero-order chi connectivity index (χ0) is 15.3. The highest BCUT2D eigenvalue weighted by Crippen LogP contribution is 2.21. The van der Waals surface area contributed by atoms with Crippen molar-refractivity contribution in [1.29, 1.82) is 5.26 Å². The van der Waals surface area contributed by atoms with E-state index in [4.69, 9.17) is 5.26 Å². The summed E-state index contributed by atoms with van der Waals surface area (Å²) >= 11 is 0. The number of nitriles is 1. The predicted octanol–water partition coefficient (Wildman–Crippen LogP) is 3.17. The van der Waals surface area contributed by atoms with Gasteiger partial charge in [-0.1, -0.05) is 32.9 Å². The third kappa shape index (κ3) is 4.36. The van der Waals surface area contributed by atoms with Gasteiger partial charge in [0.15, 0.2) is 5.78 Å². The van der Waals surface area contributed by atoms with E-state index in [0.717, 1.165) is 5.56 Å². The maximum absolute atomic E-state index is 12.1. The summed E-state index contributed by atoms with van der Waals surface area (Å²) in [6.07, 6.45) is 1.56. The average Bonchev–Trinajstić information content (AvgIpc) is 2.35. The molecule has 20 heavy (non-hydrogen) atoms. The van der Waals surface area contributed by atoms with Gasteiger partial charge in [0, 0.05) is 18.0 Å². The highest BCUT2D eigenvalue weighted by atomic mass is 16.1. The first-order valence-corrected chi connectivity index (χ1v) is 6.28. The number of ketones is 1. The molecule has 0 aromatic heterocycles. The van der Waals surface area contributed by atoms with E-state index in [-0.39, 0.29) is 17.3 Å². The van der Waals surface area contributed by atoms with Gasteiger partial charge in [-0.05, 0) is 23.8 Å². The van der Waals surface area contributed by atoms with Crippen LogP contribution < -0.4 is 5.32 Å². The summed E-state index contributed by atoms with van der Waals surface area (Å²) in [7, 11) is 0. The lowest BCUT2D eigenvalue weighted by Gasteiger charge is -2.15. The number of carbonyl (C=O) groups is 2. The zero-order valence-electron chi connectivity index (χ0n) is 12.2. The fourth-order valence-corrected chi connectivity index (χ4v) is 1.59. The normalized spacial score (nSPS) is 11.7. The quantitative estimate of drug-likeness (QED) is 0.677. The zero-order valence-corrected chi connectivity index (χ0v) is 12.2. The predicted molar refractivity (Wildman–Crippen MR) is 78.8 cm³/mol. The summed E-state index contributed by atoms with van der Waals surface area (Å²) < 4.78 is 0. The van der Waals surface area contributed by atoms with Crippen molar-refractivity contribution in [2.24, 2.45) is 5.41 Å². The van der Waals surface area contributed by atoms with Gasteiger partial charge >= 0.3 is 0 Å². The molecule has 0 fully saturated rings. The summed E-state index contributed by atoms with van der Waals surface area (Å²) in [5, 5.41) is 11.8. The van der Waals surface area contributed by atoms with Crippen LogP contribution >= 0.6 is 0 Å². The van der Waals surface area contributed by atoms with E-state index in [2.05, 4.69) is 5.32 Å². The van der Waals surface area contributed by atoms with E-state index < -0.39 is 5.41 Å². The Balaban J connectivity index is 3.00. The third-order valence-electron chi connectivity index (χ3n) is 2.59. The SMILES string of the molecule is CC(=O)Nc1ccc(/C=C(/C#N)C(=O)C(C)(C)C)cc1. The molecule has 0 saturated heterocycles. The van der Waals surface area contributed by atoms with Gasteiger partial charge in [0.05, 0.1) is 5.57 Å². The third-order valence-corrected chi connectivity index (χ3v) is 2.59. The summed E-state index contributed by atoms with van der Waals surface area (Å²) in [6, 6.07) is 8.89. The Morgan fingerprint density at radius 1 is 1.20 bits per heavy atom. The van der Waals surface area contributed by atoms with Crippen LogP contribution in [0.2, 0.25) is 0 Å². The van der Waals surface area contributed by atoms with Gasteiger partial charge in [-0.2, -0.15) is 5.26 Å². The first kappa shape index (κ1) is 15.6. The second-order valence-corrected chi connectivity index (χ2v) is 5.55. The lowest BCUT2D eigenvalue weighted by atomic mass is 9.86. The van der Waals surface area contributed by atoms with Crippen LogP contribution in [0, 0.1) is 16.7 Å². The second kappa shape index (κ2) is 6.16. The van der Waals surface area contributed by atoms with E-state index in [1.807, 2.05) is 6.07 Å². The number of anilines is 1. The summed E-state index contributed by atoms with van der Waals surface area (Å²) in [5.74, 6) is -0.333. The van der Waals surface area contributed by atoms with Crippen LogP contribution in [0.4, 0.5) is 5.69 Å². The molecule has 0 aliphatic heterocycles. The lowest BCUT2D eigenvalue weighted by molar-refractivity contribution is -0.122. The van der Waals surface area contributed by atoms with Gasteiger partial charge in [0.1, 0.15) is 6.07 Å². The Labute approximate surface area is 119 Å². The summed E-state index contributed by atoms with van der Waals surface area (Å²) in [6.45, 7) is 6.77. The minimum atomic E-state index is -0.586. The Morgan fingerprint density at radius 2 is 1.75 bits per heavy atom. The van der Waals surface area contributed by atoms with Crippen LogP contribution in [-0.2, 0) is 9.59 Å². The van der Waals surface area contributed by atoms with Crippen molar-refractivity contribution in [2.45, 2.75) is 27.7 Å². The molecule has 1 aromatic rings. The Morgan fingerprint density at radius 3 is 2.15 bits per heavy atom. The minimum Gasteiger partial charge on any atom is -0.326 e. The van der Waals surface area contributed by atoms with Gasteiger partial charge in [-0.3, -0.25) is 9.59 Å². The number of rotatable bonds is 3. The fourth-order valence-electron chi connectivity index (χ4n) is 1.59. The molecule has 0 aliphatic carbocycles. The molecule has 1 N–H and O–H groups in total. The highest BCUT2D eigenvalue weighted by Gasteiger charge is 2.24. The van der Waals surface area contributed by atoms with Crippen LogP contribution in [0.25, 0.3) is 6.08 Å².